The molecule has 1 aliphatic heterocycles. The molecule has 0 spiro atoms. The van der Waals surface area contributed by atoms with Gasteiger partial charge in [0.25, 0.3) is 0 Å². The molecule has 4 aromatic rings. The van der Waals surface area contributed by atoms with Gasteiger partial charge >= 0.3 is 0 Å². The summed E-state index contributed by atoms with van der Waals surface area (Å²) in [6.07, 6.45) is 0. The van der Waals surface area contributed by atoms with Crippen molar-refractivity contribution in [2.75, 3.05) is 38.3 Å². The number of carbonyl (C=O) groups is 1. The number of ether oxygens (including phenoxy) is 1. The van der Waals surface area contributed by atoms with Gasteiger partial charge in [-0.25, -0.2) is 9.38 Å². The number of para-hydroxylation sites is 1. The molecule has 1 saturated heterocycles. The number of carbonyl (C=O) groups excluding carboxylic acids is 1. The molecular formula is C23H23ClN6O2. The van der Waals surface area contributed by atoms with Gasteiger partial charge in [0, 0.05) is 48.8 Å². The van der Waals surface area contributed by atoms with E-state index in [0.717, 1.165) is 28.1 Å². The maximum absolute atomic E-state index is 12.4. The molecule has 1 unspecified atom stereocenters. The number of halogens is 1. The lowest BCUT2D eigenvalue weighted by atomic mass is 10.2. The first-order valence-electron chi connectivity index (χ1n) is 10.5. The van der Waals surface area contributed by atoms with E-state index in [-0.39, 0.29) is 18.6 Å². The van der Waals surface area contributed by atoms with E-state index in [1.165, 1.54) is 0 Å². The molecule has 9 heteroatoms. The normalized spacial score (nSPS) is 16.8. The molecule has 8 nitrogen and oxygen atoms in total. The Hall–Kier alpha value is -3.23. The smallest absolute Gasteiger partial charge is 0.248 e. The van der Waals surface area contributed by atoms with E-state index in [9.17, 15) is 4.79 Å². The molecule has 32 heavy (non-hydrogen) atoms. The zero-order valence-electron chi connectivity index (χ0n) is 17.9. The average Bonchev–Trinajstić information content (AvgIpc) is 3.24. The second-order valence-corrected chi connectivity index (χ2v) is 8.37. The summed E-state index contributed by atoms with van der Waals surface area (Å²) in [6, 6.07) is 15.5. The number of methoxy groups -OCH3 is 1. The lowest BCUT2D eigenvalue weighted by molar-refractivity contribution is -0.137. The molecule has 0 bridgehead atoms. The van der Waals surface area contributed by atoms with Crippen molar-refractivity contribution in [3.8, 4) is 11.4 Å². The van der Waals surface area contributed by atoms with Crippen molar-refractivity contribution in [3.05, 3.63) is 53.6 Å². The topological polar surface area (TPSA) is 75.9 Å². The van der Waals surface area contributed by atoms with Gasteiger partial charge in [0.15, 0.2) is 11.5 Å². The molecule has 2 aromatic heterocycles. The van der Waals surface area contributed by atoms with E-state index in [1.54, 1.807) is 7.11 Å². The molecule has 0 radical (unpaired) electrons. The fourth-order valence-corrected chi connectivity index (χ4v) is 4.41. The molecule has 0 N–H and O–H groups in total. The number of rotatable bonds is 4. The van der Waals surface area contributed by atoms with Crippen LogP contribution in [-0.2, 0) is 9.53 Å². The van der Waals surface area contributed by atoms with Gasteiger partial charge in [0.05, 0.1) is 5.52 Å². The Morgan fingerprint density at radius 3 is 2.66 bits per heavy atom. The minimum Gasteiger partial charge on any atom is -0.375 e. The highest BCUT2D eigenvalue weighted by Gasteiger charge is 2.30. The van der Waals surface area contributed by atoms with Gasteiger partial charge in [-0.1, -0.05) is 23.7 Å². The molecule has 2 aromatic carbocycles. The summed E-state index contributed by atoms with van der Waals surface area (Å²) in [4.78, 5) is 21.5. The van der Waals surface area contributed by atoms with Crippen LogP contribution in [0.25, 0.3) is 27.9 Å². The third kappa shape index (κ3) is 3.55. The Labute approximate surface area is 190 Å². The first-order chi connectivity index (χ1) is 15.6. The summed E-state index contributed by atoms with van der Waals surface area (Å²) in [5, 5.41) is 10.6. The van der Waals surface area contributed by atoms with Crippen LogP contribution < -0.4 is 4.90 Å². The Bertz CT molecular complexity index is 1290. The van der Waals surface area contributed by atoms with Crippen molar-refractivity contribution in [3.63, 3.8) is 0 Å². The molecule has 1 atom stereocenters. The van der Waals surface area contributed by atoms with Crippen LogP contribution in [0.15, 0.2) is 48.5 Å². The van der Waals surface area contributed by atoms with Crippen molar-refractivity contribution < 1.29 is 9.53 Å². The number of hydrogen-bond acceptors (Lipinski definition) is 6. The molecule has 0 saturated carbocycles. The van der Waals surface area contributed by atoms with Gasteiger partial charge in [-0.15, -0.1) is 10.2 Å². The zero-order chi connectivity index (χ0) is 22.2. The molecule has 164 valence electrons. The fourth-order valence-electron chi connectivity index (χ4n) is 4.28. The lowest BCUT2D eigenvalue weighted by Gasteiger charge is -2.40. The standard InChI is InChI=1S/C23H23ClN6O2/c1-15-13-28(11-12-29(15)20(31)14-32-2)23-25-19-6-4-3-5-18(19)22-27-26-21(30(22)23)16-7-9-17(24)10-8-16/h3-10,15H,11-14H2,1-2H3. The van der Waals surface area contributed by atoms with E-state index >= 15 is 0 Å². The van der Waals surface area contributed by atoms with Crippen LogP contribution in [0.5, 0.6) is 0 Å². The van der Waals surface area contributed by atoms with Crippen molar-refractivity contribution >= 4 is 40.0 Å². The van der Waals surface area contributed by atoms with Crippen LogP contribution in [0.3, 0.4) is 0 Å². The third-order valence-electron chi connectivity index (χ3n) is 5.83. The maximum atomic E-state index is 12.4. The van der Waals surface area contributed by atoms with Crippen molar-refractivity contribution in [1.82, 2.24) is 24.5 Å². The van der Waals surface area contributed by atoms with Crippen LogP contribution >= 0.6 is 11.6 Å². The highest BCUT2D eigenvalue weighted by molar-refractivity contribution is 6.30. The summed E-state index contributed by atoms with van der Waals surface area (Å²) < 4.78 is 7.04. The highest BCUT2D eigenvalue weighted by Crippen LogP contribution is 2.30. The van der Waals surface area contributed by atoms with Gasteiger partial charge in [-0.05, 0) is 43.3 Å². The van der Waals surface area contributed by atoms with Crippen LogP contribution in [0, 0.1) is 0 Å². The summed E-state index contributed by atoms with van der Waals surface area (Å²) in [5.74, 6) is 1.47. The second kappa shape index (κ2) is 8.37. The van der Waals surface area contributed by atoms with Gasteiger partial charge in [-0.3, -0.25) is 4.79 Å². The van der Waals surface area contributed by atoms with E-state index < -0.39 is 0 Å². The highest BCUT2D eigenvalue weighted by atomic mass is 35.5. The van der Waals surface area contributed by atoms with Crippen LogP contribution in [-0.4, -0.2) is 69.8 Å². The van der Waals surface area contributed by atoms with Gasteiger partial charge in [-0.2, -0.15) is 0 Å². The van der Waals surface area contributed by atoms with Crippen LogP contribution in [0.1, 0.15) is 6.92 Å². The number of aromatic nitrogens is 4. The molecule has 0 aliphatic carbocycles. The fraction of sp³-hybridized carbons (Fsp3) is 0.304. The van der Waals surface area contributed by atoms with E-state index in [0.29, 0.717) is 30.5 Å². The Morgan fingerprint density at radius 2 is 1.91 bits per heavy atom. The van der Waals surface area contributed by atoms with Gasteiger partial charge in [0.2, 0.25) is 11.9 Å². The first kappa shape index (κ1) is 20.7. The predicted octanol–water partition coefficient (Wildman–Crippen LogP) is 3.28. The SMILES string of the molecule is COCC(=O)N1CCN(c2nc3ccccc3c3nnc(-c4ccc(Cl)cc4)n23)CC1C. The number of anilines is 1. The minimum atomic E-state index is 0.00224. The molecule has 1 fully saturated rings. The van der Waals surface area contributed by atoms with E-state index in [1.807, 2.05) is 64.8 Å². The number of piperazine rings is 1. The predicted molar refractivity (Wildman–Crippen MR) is 124 cm³/mol. The van der Waals surface area contributed by atoms with Gasteiger partial charge in [0.1, 0.15) is 6.61 Å². The molecule has 1 amide bonds. The maximum Gasteiger partial charge on any atom is 0.248 e. The quantitative estimate of drug-likeness (QED) is 0.475. The average molecular weight is 451 g/mol. The number of fused-ring (bicyclic) bond motifs is 3. The number of benzene rings is 2. The summed E-state index contributed by atoms with van der Waals surface area (Å²) in [6.45, 7) is 4.03. The second-order valence-electron chi connectivity index (χ2n) is 7.93. The summed E-state index contributed by atoms with van der Waals surface area (Å²) in [7, 11) is 1.54. The number of nitrogens with zero attached hydrogens (tertiary/aromatic N) is 6. The monoisotopic (exact) mass is 450 g/mol. The van der Waals surface area contributed by atoms with Crippen LogP contribution in [0.4, 0.5) is 5.95 Å². The molecule has 3 heterocycles. The minimum absolute atomic E-state index is 0.00224. The Morgan fingerprint density at radius 1 is 1.12 bits per heavy atom. The van der Waals surface area contributed by atoms with Crippen molar-refractivity contribution in [2.45, 2.75) is 13.0 Å². The van der Waals surface area contributed by atoms with E-state index in [2.05, 4.69) is 15.1 Å². The number of amides is 1. The lowest BCUT2D eigenvalue weighted by Crippen LogP contribution is -2.55. The molecule has 5 rings (SSSR count). The summed E-state index contributed by atoms with van der Waals surface area (Å²) >= 11 is 6.10. The van der Waals surface area contributed by atoms with Crippen molar-refractivity contribution in [2.24, 2.45) is 0 Å². The Balaban J connectivity index is 1.62. The Kier molecular flexibility index (Phi) is 5.40. The molecule has 1 aliphatic rings. The number of hydrogen-bond donors (Lipinski definition) is 0. The van der Waals surface area contributed by atoms with E-state index in [4.69, 9.17) is 21.3 Å². The third-order valence-corrected chi connectivity index (χ3v) is 6.08. The molecular weight excluding hydrogens is 428 g/mol. The van der Waals surface area contributed by atoms with Crippen LogP contribution in [0.2, 0.25) is 5.02 Å². The largest absolute Gasteiger partial charge is 0.375 e. The van der Waals surface area contributed by atoms with Gasteiger partial charge < -0.3 is 14.5 Å². The first-order valence-corrected chi connectivity index (χ1v) is 10.9. The zero-order valence-corrected chi connectivity index (χ0v) is 18.7. The van der Waals surface area contributed by atoms with Crippen molar-refractivity contribution in [1.29, 1.82) is 0 Å². The summed E-state index contributed by atoms with van der Waals surface area (Å²) in [5.41, 5.74) is 2.51.